The minimum atomic E-state index is -0.144. The summed E-state index contributed by atoms with van der Waals surface area (Å²) in [6.45, 7) is 2.51. The molecule has 0 aliphatic rings. The van der Waals surface area contributed by atoms with Gasteiger partial charge < -0.3 is 14.8 Å². The van der Waals surface area contributed by atoms with Gasteiger partial charge in [0.2, 0.25) is 5.91 Å². The van der Waals surface area contributed by atoms with Crippen LogP contribution in [0.1, 0.15) is 23.2 Å². The summed E-state index contributed by atoms with van der Waals surface area (Å²) in [6.07, 6.45) is 1.20. The number of fused-ring (bicyclic) bond motifs is 1. The number of ether oxygens (including phenoxy) is 2. The van der Waals surface area contributed by atoms with E-state index in [1.807, 2.05) is 35.7 Å². The van der Waals surface area contributed by atoms with E-state index in [9.17, 15) is 4.79 Å². The molecule has 6 nitrogen and oxygen atoms in total. The number of carbonyl (C=O) groups is 1. The Bertz CT molecular complexity index is 1150. The third kappa shape index (κ3) is 4.95. The van der Waals surface area contributed by atoms with E-state index < -0.39 is 0 Å². The number of benzene rings is 2. The molecule has 0 radical (unpaired) electrons. The van der Waals surface area contributed by atoms with Gasteiger partial charge in [-0.15, -0.1) is 11.3 Å². The van der Waals surface area contributed by atoms with Crippen LogP contribution in [0.5, 0.6) is 11.5 Å². The number of aromatic nitrogens is 2. The molecule has 154 valence electrons. The van der Waals surface area contributed by atoms with E-state index in [4.69, 9.17) is 9.47 Å². The second kappa shape index (κ2) is 9.23. The van der Waals surface area contributed by atoms with E-state index in [0.717, 1.165) is 38.8 Å². The molecule has 0 aliphatic heterocycles. The number of nitrogens with one attached hydrogen (secondary N) is 1. The largest absolute Gasteiger partial charge is 0.497 e. The van der Waals surface area contributed by atoms with Crippen LogP contribution in [-0.2, 0) is 24.2 Å². The average molecular weight is 440 g/mol. The summed E-state index contributed by atoms with van der Waals surface area (Å²) in [4.78, 5) is 21.3. The van der Waals surface area contributed by atoms with Crippen LogP contribution >= 0.6 is 22.7 Å². The standard InChI is InChI=1S/C22H21N3O3S2/c1-3-14-4-6-16(7-5-14)28-12-21-23-15(13-29-21)10-20(26)25-22-24-18-9-8-17(27-2)11-19(18)30-22/h4-9,11,13H,3,10,12H2,1-2H3,(H,24,25,26). The highest BCUT2D eigenvalue weighted by Crippen LogP contribution is 2.29. The van der Waals surface area contributed by atoms with Gasteiger partial charge in [-0.2, -0.15) is 0 Å². The number of aryl methyl sites for hydroxylation is 1. The summed E-state index contributed by atoms with van der Waals surface area (Å²) >= 11 is 2.91. The van der Waals surface area contributed by atoms with Crippen molar-refractivity contribution in [2.45, 2.75) is 26.4 Å². The van der Waals surface area contributed by atoms with Crippen LogP contribution in [-0.4, -0.2) is 23.0 Å². The highest BCUT2D eigenvalue weighted by atomic mass is 32.1. The third-order valence-corrected chi connectivity index (χ3v) is 6.28. The molecule has 0 unspecified atom stereocenters. The van der Waals surface area contributed by atoms with Crippen molar-refractivity contribution in [3.63, 3.8) is 0 Å². The highest BCUT2D eigenvalue weighted by Gasteiger charge is 2.12. The van der Waals surface area contributed by atoms with Gasteiger partial charge in [0.1, 0.15) is 23.1 Å². The van der Waals surface area contributed by atoms with Crippen LogP contribution < -0.4 is 14.8 Å². The molecule has 1 amide bonds. The zero-order valence-corrected chi connectivity index (χ0v) is 18.3. The van der Waals surface area contributed by atoms with Gasteiger partial charge in [0.15, 0.2) is 5.13 Å². The fraction of sp³-hybridized carbons (Fsp3) is 0.227. The van der Waals surface area contributed by atoms with Gasteiger partial charge in [-0.3, -0.25) is 4.79 Å². The lowest BCUT2D eigenvalue weighted by Gasteiger charge is -2.04. The predicted octanol–water partition coefficient (Wildman–Crippen LogP) is 5.08. The fourth-order valence-electron chi connectivity index (χ4n) is 2.88. The normalized spacial score (nSPS) is 10.9. The molecule has 0 spiro atoms. The SMILES string of the molecule is CCc1ccc(OCc2nc(CC(=O)Nc3nc4ccc(OC)cc4s3)cs2)cc1. The van der Waals surface area contributed by atoms with Crippen molar-refractivity contribution in [1.29, 1.82) is 0 Å². The van der Waals surface area contributed by atoms with Gasteiger partial charge >= 0.3 is 0 Å². The Morgan fingerprint density at radius 1 is 1.10 bits per heavy atom. The molecule has 2 aromatic heterocycles. The molecule has 0 saturated heterocycles. The molecule has 2 aromatic carbocycles. The van der Waals surface area contributed by atoms with Gasteiger partial charge in [-0.1, -0.05) is 30.4 Å². The Balaban J connectivity index is 1.32. The van der Waals surface area contributed by atoms with Crippen LogP contribution in [0.3, 0.4) is 0 Å². The first-order chi connectivity index (χ1) is 14.6. The van der Waals surface area contributed by atoms with Crippen molar-refractivity contribution in [1.82, 2.24) is 9.97 Å². The number of thiazole rings is 2. The molecule has 4 aromatic rings. The Labute approximate surface area is 182 Å². The first-order valence-corrected chi connectivity index (χ1v) is 11.2. The molecule has 2 heterocycles. The van der Waals surface area contributed by atoms with Crippen LogP contribution in [0.25, 0.3) is 10.2 Å². The number of amides is 1. The molecular weight excluding hydrogens is 418 g/mol. The van der Waals surface area contributed by atoms with Crippen LogP contribution in [0.2, 0.25) is 0 Å². The highest BCUT2D eigenvalue weighted by molar-refractivity contribution is 7.22. The van der Waals surface area contributed by atoms with Gasteiger partial charge in [-0.25, -0.2) is 9.97 Å². The quantitative estimate of drug-likeness (QED) is 0.414. The lowest BCUT2D eigenvalue weighted by molar-refractivity contribution is -0.115. The molecule has 30 heavy (non-hydrogen) atoms. The van der Waals surface area contributed by atoms with Gasteiger partial charge in [0, 0.05) is 5.38 Å². The first kappa shape index (κ1) is 20.3. The summed E-state index contributed by atoms with van der Waals surface area (Å²) in [7, 11) is 1.63. The number of hydrogen-bond acceptors (Lipinski definition) is 7. The number of nitrogens with zero attached hydrogens (tertiary/aromatic N) is 2. The maximum absolute atomic E-state index is 12.4. The fourth-order valence-corrected chi connectivity index (χ4v) is 4.49. The number of methoxy groups -OCH3 is 1. The van der Waals surface area contributed by atoms with Crippen molar-refractivity contribution < 1.29 is 14.3 Å². The topological polar surface area (TPSA) is 73.3 Å². The van der Waals surface area contributed by atoms with Crippen molar-refractivity contribution in [3.05, 3.63) is 64.1 Å². The van der Waals surface area contributed by atoms with E-state index in [2.05, 4.69) is 34.3 Å². The van der Waals surface area contributed by atoms with E-state index >= 15 is 0 Å². The Kier molecular flexibility index (Phi) is 6.25. The van der Waals surface area contributed by atoms with Crippen molar-refractivity contribution >= 4 is 43.9 Å². The van der Waals surface area contributed by atoms with E-state index in [1.165, 1.54) is 28.2 Å². The molecule has 1 N–H and O–H groups in total. The second-order valence-electron chi connectivity index (χ2n) is 6.60. The maximum atomic E-state index is 12.4. The summed E-state index contributed by atoms with van der Waals surface area (Å²) in [5, 5.41) is 6.15. The minimum absolute atomic E-state index is 0.144. The molecule has 0 bridgehead atoms. The molecule has 8 heteroatoms. The number of rotatable bonds is 8. The van der Waals surface area contributed by atoms with Crippen LogP contribution in [0, 0.1) is 0 Å². The Hall–Kier alpha value is -2.97. The lowest BCUT2D eigenvalue weighted by Crippen LogP contribution is -2.14. The van der Waals surface area contributed by atoms with Crippen molar-refractivity contribution in [3.8, 4) is 11.5 Å². The average Bonchev–Trinajstić information content (AvgIpc) is 3.37. The monoisotopic (exact) mass is 439 g/mol. The number of carbonyl (C=O) groups excluding carboxylic acids is 1. The molecule has 4 rings (SSSR count). The zero-order chi connectivity index (χ0) is 20.9. The minimum Gasteiger partial charge on any atom is -0.497 e. The Morgan fingerprint density at radius 2 is 1.90 bits per heavy atom. The summed E-state index contributed by atoms with van der Waals surface area (Å²) in [5.41, 5.74) is 2.83. The van der Waals surface area contributed by atoms with Gasteiger partial charge in [-0.05, 0) is 42.3 Å². The van der Waals surface area contributed by atoms with E-state index in [-0.39, 0.29) is 12.3 Å². The summed E-state index contributed by atoms with van der Waals surface area (Å²) in [5.74, 6) is 1.44. The molecular formula is C22H21N3O3S2. The molecule has 0 aliphatic carbocycles. The van der Waals surface area contributed by atoms with E-state index in [0.29, 0.717) is 11.7 Å². The number of anilines is 1. The smallest absolute Gasteiger partial charge is 0.232 e. The van der Waals surface area contributed by atoms with E-state index in [1.54, 1.807) is 7.11 Å². The third-order valence-electron chi connectivity index (χ3n) is 4.48. The zero-order valence-electron chi connectivity index (χ0n) is 16.7. The van der Waals surface area contributed by atoms with Crippen molar-refractivity contribution in [2.75, 3.05) is 12.4 Å². The lowest BCUT2D eigenvalue weighted by atomic mass is 10.2. The Morgan fingerprint density at radius 3 is 2.67 bits per heavy atom. The second-order valence-corrected chi connectivity index (χ2v) is 8.57. The predicted molar refractivity (Wildman–Crippen MR) is 121 cm³/mol. The summed E-state index contributed by atoms with van der Waals surface area (Å²) < 4.78 is 12.0. The van der Waals surface area contributed by atoms with Crippen LogP contribution in [0.4, 0.5) is 5.13 Å². The summed E-state index contributed by atoms with van der Waals surface area (Å²) in [6, 6.07) is 13.7. The van der Waals surface area contributed by atoms with Crippen LogP contribution in [0.15, 0.2) is 47.8 Å². The number of hydrogen-bond donors (Lipinski definition) is 1. The molecule has 0 saturated carbocycles. The van der Waals surface area contributed by atoms with Gasteiger partial charge in [0.05, 0.1) is 29.4 Å². The van der Waals surface area contributed by atoms with Gasteiger partial charge in [0.25, 0.3) is 0 Å². The molecule has 0 atom stereocenters. The first-order valence-electron chi connectivity index (χ1n) is 9.52. The van der Waals surface area contributed by atoms with Crippen molar-refractivity contribution in [2.24, 2.45) is 0 Å². The maximum Gasteiger partial charge on any atom is 0.232 e. The molecule has 0 fully saturated rings.